The zero-order chi connectivity index (χ0) is 20.9. The van der Waals surface area contributed by atoms with Gasteiger partial charge in [0.1, 0.15) is 24.2 Å². The Labute approximate surface area is 185 Å². The number of halogens is 1. The van der Waals surface area contributed by atoms with Crippen LogP contribution >= 0.6 is 11.6 Å². The minimum Gasteiger partial charge on any atom is -0.480 e. The average Bonchev–Trinajstić information content (AvgIpc) is 3.26. The van der Waals surface area contributed by atoms with E-state index in [2.05, 4.69) is 58.7 Å². The number of nitrogens with zero attached hydrogens (tertiary/aromatic N) is 3. The van der Waals surface area contributed by atoms with Crippen LogP contribution in [0.25, 0.3) is 5.70 Å². The zero-order valence-corrected chi connectivity index (χ0v) is 17.5. The lowest BCUT2D eigenvalue weighted by Crippen LogP contribution is -2.32. The molecule has 0 spiro atoms. The van der Waals surface area contributed by atoms with Crippen LogP contribution in [0.2, 0.25) is 5.02 Å². The lowest BCUT2D eigenvalue weighted by Gasteiger charge is -2.39. The number of rotatable bonds is 2. The predicted octanol–water partition coefficient (Wildman–Crippen LogP) is 5.80. The summed E-state index contributed by atoms with van der Waals surface area (Å²) >= 11 is 6.36. The summed E-state index contributed by atoms with van der Waals surface area (Å²) < 4.78 is 8.52. The van der Waals surface area contributed by atoms with Crippen LogP contribution in [0.15, 0.2) is 84.7 Å². The van der Waals surface area contributed by atoms with Gasteiger partial charge < -0.3 is 10.1 Å². The van der Waals surface area contributed by atoms with E-state index in [4.69, 9.17) is 16.3 Å². The highest BCUT2D eigenvalue weighted by atomic mass is 35.5. The second-order valence-electron chi connectivity index (χ2n) is 7.85. The van der Waals surface area contributed by atoms with Crippen LogP contribution in [0.3, 0.4) is 0 Å². The average molecular weight is 427 g/mol. The van der Waals surface area contributed by atoms with E-state index in [1.54, 1.807) is 6.33 Å². The highest BCUT2D eigenvalue weighted by Crippen LogP contribution is 2.50. The summed E-state index contributed by atoms with van der Waals surface area (Å²) in [6, 6.07) is 24.3. The maximum atomic E-state index is 6.59. The molecule has 6 heteroatoms. The minimum atomic E-state index is -0.320. The van der Waals surface area contributed by atoms with E-state index < -0.39 is 0 Å². The highest BCUT2D eigenvalue weighted by molar-refractivity contribution is 6.30. The van der Waals surface area contributed by atoms with Crippen LogP contribution in [0, 0.1) is 6.92 Å². The number of hydrogen-bond acceptors (Lipinski definition) is 4. The van der Waals surface area contributed by atoms with Gasteiger partial charge in [-0.25, -0.2) is 4.68 Å². The van der Waals surface area contributed by atoms with Gasteiger partial charge in [0.05, 0.1) is 5.70 Å². The third-order valence-electron chi connectivity index (χ3n) is 5.87. The van der Waals surface area contributed by atoms with Crippen molar-refractivity contribution < 1.29 is 4.74 Å². The van der Waals surface area contributed by atoms with E-state index in [9.17, 15) is 0 Å². The number of ether oxygens (including phenoxy) is 1. The molecule has 2 aliphatic heterocycles. The van der Waals surface area contributed by atoms with Crippen molar-refractivity contribution >= 4 is 23.2 Å². The van der Waals surface area contributed by atoms with E-state index in [1.807, 2.05) is 41.1 Å². The van der Waals surface area contributed by atoms with Gasteiger partial charge in [0.25, 0.3) is 0 Å². The van der Waals surface area contributed by atoms with Gasteiger partial charge in [-0.15, -0.1) is 0 Å². The number of nitrogens with one attached hydrogen (secondary N) is 1. The Kier molecular flexibility index (Phi) is 4.11. The summed E-state index contributed by atoms with van der Waals surface area (Å²) in [6.45, 7) is 2.09. The molecule has 1 aromatic heterocycles. The molecule has 6 rings (SSSR count). The molecule has 0 bridgehead atoms. The van der Waals surface area contributed by atoms with Crippen LogP contribution in [0.4, 0.5) is 5.95 Å². The summed E-state index contributed by atoms with van der Waals surface area (Å²) in [6.07, 6.45) is 1.27. The molecular formula is C25H19ClN4O. The van der Waals surface area contributed by atoms with Gasteiger partial charge in [0.15, 0.2) is 0 Å². The summed E-state index contributed by atoms with van der Waals surface area (Å²) in [4.78, 5) is 4.47. The lowest BCUT2D eigenvalue weighted by atomic mass is 9.84. The Hall–Kier alpha value is -3.57. The molecule has 0 saturated carbocycles. The van der Waals surface area contributed by atoms with Crippen LogP contribution in [0.5, 0.6) is 5.75 Å². The Morgan fingerprint density at radius 3 is 2.65 bits per heavy atom. The zero-order valence-electron chi connectivity index (χ0n) is 16.8. The molecule has 4 aromatic rings. The number of fused-ring (bicyclic) bond motifs is 3. The molecule has 0 amide bonds. The van der Waals surface area contributed by atoms with Crippen molar-refractivity contribution in [3.8, 4) is 5.75 Å². The van der Waals surface area contributed by atoms with Crippen LogP contribution in [-0.4, -0.2) is 14.8 Å². The second-order valence-corrected chi connectivity index (χ2v) is 8.28. The number of hydrogen-bond donors (Lipinski definition) is 1. The van der Waals surface area contributed by atoms with Gasteiger partial charge in [-0.2, -0.15) is 10.1 Å². The third kappa shape index (κ3) is 2.93. The maximum Gasteiger partial charge on any atom is 0.226 e. The molecule has 0 saturated heterocycles. The van der Waals surface area contributed by atoms with Crippen molar-refractivity contribution in [1.82, 2.24) is 14.8 Å². The first-order valence-corrected chi connectivity index (χ1v) is 10.6. The molecule has 1 N–H and O–H groups in total. The molecule has 2 unspecified atom stereocenters. The number of aryl methyl sites for hydroxylation is 1. The molecule has 2 aliphatic rings. The molecule has 3 heterocycles. The molecule has 3 aromatic carbocycles. The van der Waals surface area contributed by atoms with Gasteiger partial charge in [-0.1, -0.05) is 65.7 Å². The number of anilines is 1. The van der Waals surface area contributed by atoms with Crippen molar-refractivity contribution in [2.75, 3.05) is 5.32 Å². The SMILES string of the molecule is Cc1ccc(C2C3=C(Nc4ncnn42)c2ccccc2OC3c2cccc(Cl)c2)cc1. The van der Waals surface area contributed by atoms with Gasteiger partial charge >= 0.3 is 0 Å². The molecule has 31 heavy (non-hydrogen) atoms. The molecular weight excluding hydrogens is 408 g/mol. The first-order valence-electron chi connectivity index (χ1n) is 10.2. The smallest absolute Gasteiger partial charge is 0.226 e. The molecule has 152 valence electrons. The summed E-state index contributed by atoms with van der Waals surface area (Å²) in [5.41, 5.74) is 6.45. The van der Waals surface area contributed by atoms with Gasteiger partial charge in [0.2, 0.25) is 5.95 Å². The topological polar surface area (TPSA) is 52.0 Å². The van der Waals surface area contributed by atoms with Crippen LogP contribution in [0.1, 0.15) is 34.4 Å². The fourth-order valence-corrected chi connectivity index (χ4v) is 4.63. The molecule has 5 nitrogen and oxygen atoms in total. The molecule has 0 fully saturated rings. The van der Waals surface area contributed by atoms with Gasteiger partial charge in [-0.05, 0) is 42.3 Å². The fourth-order valence-electron chi connectivity index (χ4n) is 4.43. The van der Waals surface area contributed by atoms with E-state index in [-0.39, 0.29) is 12.1 Å². The second kappa shape index (κ2) is 7.00. The normalized spacial score (nSPS) is 19.0. The molecule has 0 radical (unpaired) electrons. The van der Waals surface area contributed by atoms with Crippen molar-refractivity contribution in [3.05, 3.63) is 112 Å². The van der Waals surface area contributed by atoms with E-state index in [0.29, 0.717) is 11.0 Å². The van der Waals surface area contributed by atoms with Crippen molar-refractivity contribution in [1.29, 1.82) is 0 Å². The quantitative estimate of drug-likeness (QED) is 0.440. The van der Waals surface area contributed by atoms with Crippen molar-refractivity contribution in [2.45, 2.75) is 19.1 Å². The fraction of sp³-hybridized carbons (Fsp3) is 0.120. The first kappa shape index (κ1) is 18.2. The Bertz CT molecular complexity index is 1330. The van der Waals surface area contributed by atoms with Crippen LogP contribution in [-0.2, 0) is 0 Å². The minimum absolute atomic E-state index is 0.160. The lowest BCUT2D eigenvalue weighted by molar-refractivity contribution is 0.223. The molecule has 2 atom stereocenters. The Balaban J connectivity index is 1.63. The number of benzene rings is 3. The van der Waals surface area contributed by atoms with E-state index in [1.165, 1.54) is 5.56 Å². The standard InChI is InChI=1S/C25H19ClN4O/c1-15-9-11-16(12-10-15)23-21-22(29-25-27-14-28-30(23)25)19-7-2-3-8-20(19)31-24(21)17-5-4-6-18(26)13-17/h2-14,23-24H,1H3,(H,27,28,29). The predicted molar refractivity (Wildman–Crippen MR) is 121 cm³/mol. The Morgan fingerprint density at radius 1 is 0.968 bits per heavy atom. The highest BCUT2D eigenvalue weighted by Gasteiger charge is 2.40. The van der Waals surface area contributed by atoms with Gasteiger partial charge in [-0.3, -0.25) is 0 Å². The summed E-state index contributed by atoms with van der Waals surface area (Å²) in [5, 5.41) is 8.75. The van der Waals surface area contributed by atoms with Gasteiger partial charge in [0, 0.05) is 16.2 Å². The largest absolute Gasteiger partial charge is 0.480 e. The monoisotopic (exact) mass is 426 g/mol. The Morgan fingerprint density at radius 2 is 1.81 bits per heavy atom. The van der Waals surface area contributed by atoms with E-state index >= 15 is 0 Å². The number of aromatic nitrogens is 3. The summed E-state index contributed by atoms with van der Waals surface area (Å²) in [7, 11) is 0. The third-order valence-corrected chi connectivity index (χ3v) is 6.10. The summed E-state index contributed by atoms with van der Waals surface area (Å²) in [5.74, 6) is 1.54. The number of para-hydroxylation sites is 1. The van der Waals surface area contributed by atoms with Crippen molar-refractivity contribution in [3.63, 3.8) is 0 Å². The van der Waals surface area contributed by atoms with Crippen molar-refractivity contribution in [2.24, 2.45) is 0 Å². The van der Waals surface area contributed by atoms with E-state index in [0.717, 1.165) is 33.7 Å². The maximum absolute atomic E-state index is 6.59. The first-order chi connectivity index (χ1) is 15.2. The van der Waals surface area contributed by atoms with Crippen LogP contribution < -0.4 is 10.1 Å². The molecule has 0 aliphatic carbocycles.